The van der Waals surface area contributed by atoms with E-state index < -0.39 is 27.7 Å². The highest BCUT2D eigenvalue weighted by Crippen LogP contribution is 2.14. The number of rotatable bonds is 4. The third-order valence-electron chi connectivity index (χ3n) is 4.07. The largest absolute Gasteiger partial charge is 0.348 e. The Morgan fingerprint density at radius 3 is 2.70 bits per heavy atom. The molecule has 0 saturated carbocycles. The minimum atomic E-state index is -3.10. The average Bonchev–Trinajstić information content (AvgIpc) is 3.00. The molecule has 1 aromatic heterocycles. The van der Waals surface area contributed by atoms with E-state index in [0.29, 0.717) is 17.7 Å². The highest BCUT2D eigenvalue weighted by atomic mass is 32.2. The van der Waals surface area contributed by atoms with Crippen molar-refractivity contribution in [3.05, 3.63) is 59.4 Å². The number of carbonyl (C=O) groups excluding carboxylic acids is 2. The van der Waals surface area contributed by atoms with Gasteiger partial charge in [-0.25, -0.2) is 8.42 Å². The molecule has 1 atom stereocenters. The third kappa shape index (κ3) is 4.68. The Kier molecular flexibility index (Phi) is 5.19. The van der Waals surface area contributed by atoms with Crippen LogP contribution < -0.4 is 10.6 Å². The van der Waals surface area contributed by atoms with Gasteiger partial charge in [0.2, 0.25) is 0 Å². The van der Waals surface area contributed by atoms with E-state index >= 15 is 0 Å². The molecule has 2 heterocycles. The highest BCUT2D eigenvalue weighted by molar-refractivity contribution is 7.91. The van der Waals surface area contributed by atoms with Crippen LogP contribution in [0.4, 0.5) is 5.69 Å². The maximum absolute atomic E-state index is 12.4. The van der Waals surface area contributed by atoms with Crippen molar-refractivity contribution in [3.63, 3.8) is 0 Å². The normalized spacial score (nSPS) is 17.7. The lowest BCUT2D eigenvalue weighted by atomic mass is 10.1. The van der Waals surface area contributed by atoms with Gasteiger partial charge in [-0.15, -0.1) is 0 Å². The zero-order chi connectivity index (χ0) is 19.4. The Labute approximate surface area is 156 Å². The zero-order valence-electron chi connectivity index (χ0n) is 14.2. The standard InChI is InChI=1S/C18H16N4O4S/c19-10-12-2-1-3-14(8-12)21-18(24)16-9-13(4-6-20-16)17(23)22-15-5-7-27(25,26)11-15/h1-4,6,8-9,15H,5,7,11H2,(H,21,24)(H,22,23). The van der Waals surface area contributed by atoms with Gasteiger partial charge in [-0.2, -0.15) is 5.26 Å². The summed E-state index contributed by atoms with van der Waals surface area (Å²) in [4.78, 5) is 28.6. The molecule has 1 unspecified atom stereocenters. The number of benzene rings is 1. The number of nitrogens with one attached hydrogen (secondary N) is 2. The molecule has 3 rings (SSSR count). The van der Waals surface area contributed by atoms with E-state index in [1.807, 2.05) is 6.07 Å². The summed E-state index contributed by atoms with van der Waals surface area (Å²) >= 11 is 0. The Morgan fingerprint density at radius 1 is 1.19 bits per heavy atom. The summed E-state index contributed by atoms with van der Waals surface area (Å²) in [7, 11) is -3.10. The number of carbonyl (C=O) groups is 2. The van der Waals surface area contributed by atoms with Gasteiger partial charge in [-0.3, -0.25) is 14.6 Å². The molecule has 0 spiro atoms. The number of aromatic nitrogens is 1. The van der Waals surface area contributed by atoms with Crippen LogP contribution in [0, 0.1) is 11.3 Å². The molecule has 1 aromatic carbocycles. The van der Waals surface area contributed by atoms with Crippen molar-refractivity contribution in [2.24, 2.45) is 0 Å². The number of pyridine rings is 1. The lowest BCUT2D eigenvalue weighted by Gasteiger charge is -2.11. The van der Waals surface area contributed by atoms with Crippen LogP contribution in [0.5, 0.6) is 0 Å². The van der Waals surface area contributed by atoms with E-state index in [1.54, 1.807) is 18.2 Å². The van der Waals surface area contributed by atoms with E-state index in [1.165, 1.54) is 24.4 Å². The zero-order valence-corrected chi connectivity index (χ0v) is 15.0. The first-order chi connectivity index (χ1) is 12.9. The molecule has 1 aliphatic heterocycles. The molecule has 2 aromatic rings. The number of amides is 2. The van der Waals surface area contributed by atoms with E-state index in [9.17, 15) is 18.0 Å². The summed E-state index contributed by atoms with van der Waals surface area (Å²) in [5.74, 6) is -1.00. The van der Waals surface area contributed by atoms with E-state index in [-0.39, 0.29) is 22.8 Å². The molecular formula is C18H16N4O4S. The Bertz CT molecular complexity index is 1040. The molecule has 1 aliphatic rings. The van der Waals surface area contributed by atoms with Gasteiger partial charge in [0.25, 0.3) is 11.8 Å². The average molecular weight is 384 g/mol. The predicted molar refractivity (Wildman–Crippen MR) is 97.9 cm³/mol. The quantitative estimate of drug-likeness (QED) is 0.813. The van der Waals surface area contributed by atoms with Gasteiger partial charge in [0, 0.05) is 23.5 Å². The second-order valence-electron chi connectivity index (χ2n) is 6.15. The first-order valence-corrected chi connectivity index (χ1v) is 9.97. The van der Waals surface area contributed by atoms with Crippen molar-refractivity contribution in [2.45, 2.75) is 12.5 Å². The van der Waals surface area contributed by atoms with Crippen LogP contribution in [0.2, 0.25) is 0 Å². The summed E-state index contributed by atoms with van der Waals surface area (Å²) in [6.45, 7) is 0. The fourth-order valence-corrected chi connectivity index (χ4v) is 4.41. The van der Waals surface area contributed by atoms with Crippen molar-refractivity contribution in [3.8, 4) is 6.07 Å². The maximum Gasteiger partial charge on any atom is 0.274 e. The van der Waals surface area contributed by atoms with Crippen LogP contribution in [0.25, 0.3) is 0 Å². The van der Waals surface area contributed by atoms with Gasteiger partial charge in [0.05, 0.1) is 23.1 Å². The molecule has 1 fully saturated rings. The summed E-state index contributed by atoms with van der Waals surface area (Å²) in [5, 5.41) is 14.2. The van der Waals surface area contributed by atoms with Crippen molar-refractivity contribution >= 4 is 27.3 Å². The molecule has 1 saturated heterocycles. The second-order valence-corrected chi connectivity index (χ2v) is 8.38. The molecule has 9 heteroatoms. The van der Waals surface area contributed by atoms with Crippen molar-refractivity contribution in [1.29, 1.82) is 5.26 Å². The molecule has 0 aliphatic carbocycles. The van der Waals surface area contributed by atoms with Crippen LogP contribution in [-0.4, -0.2) is 42.8 Å². The van der Waals surface area contributed by atoms with Gasteiger partial charge >= 0.3 is 0 Å². The summed E-state index contributed by atoms with van der Waals surface area (Å²) in [6.07, 6.45) is 1.71. The molecule has 8 nitrogen and oxygen atoms in total. The van der Waals surface area contributed by atoms with Crippen molar-refractivity contribution in [2.75, 3.05) is 16.8 Å². The Hall–Kier alpha value is -3.25. The van der Waals surface area contributed by atoms with Gasteiger partial charge < -0.3 is 10.6 Å². The topological polar surface area (TPSA) is 129 Å². The molecule has 2 amide bonds. The molecule has 0 bridgehead atoms. The second kappa shape index (κ2) is 7.55. The smallest absolute Gasteiger partial charge is 0.274 e. The number of hydrogen-bond acceptors (Lipinski definition) is 6. The number of hydrogen-bond donors (Lipinski definition) is 2. The van der Waals surface area contributed by atoms with Gasteiger partial charge in [-0.1, -0.05) is 6.07 Å². The number of anilines is 1. The van der Waals surface area contributed by atoms with E-state index in [2.05, 4.69) is 15.6 Å². The van der Waals surface area contributed by atoms with Crippen LogP contribution >= 0.6 is 0 Å². The monoisotopic (exact) mass is 384 g/mol. The van der Waals surface area contributed by atoms with Gasteiger partial charge in [0.1, 0.15) is 5.69 Å². The summed E-state index contributed by atoms with van der Waals surface area (Å²) in [6, 6.07) is 10.7. The van der Waals surface area contributed by atoms with Crippen LogP contribution in [-0.2, 0) is 9.84 Å². The maximum atomic E-state index is 12.4. The highest BCUT2D eigenvalue weighted by Gasteiger charge is 2.29. The molecule has 0 radical (unpaired) electrons. The summed E-state index contributed by atoms with van der Waals surface area (Å²) in [5.41, 5.74) is 1.08. The van der Waals surface area contributed by atoms with Crippen LogP contribution in [0.1, 0.15) is 32.8 Å². The fraction of sp³-hybridized carbons (Fsp3) is 0.222. The number of sulfone groups is 1. The molecule has 138 valence electrons. The minimum Gasteiger partial charge on any atom is -0.348 e. The summed E-state index contributed by atoms with van der Waals surface area (Å²) < 4.78 is 23.0. The lowest BCUT2D eigenvalue weighted by molar-refractivity contribution is 0.0941. The van der Waals surface area contributed by atoms with Crippen LogP contribution in [0.15, 0.2) is 42.6 Å². The molecule has 2 N–H and O–H groups in total. The molecular weight excluding hydrogens is 368 g/mol. The fourth-order valence-electron chi connectivity index (χ4n) is 2.74. The first-order valence-electron chi connectivity index (χ1n) is 8.15. The first kappa shape index (κ1) is 18.5. The Balaban J connectivity index is 1.70. The van der Waals surface area contributed by atoms with Crippen molar-refractivity contribution in [1.82, 2.24) is 10.3 Å². The van der Waals surface area contributed by atoms with Crippen molar-refractivity contribution < 1.29 is 18.0 Å². The number of nitriles is 1. The third-order valence-corrected chi connectivity index (χ3v) is 5.84. The SMILES string of the molecule is N#Cc1cccc(NC(=O)c2cc(C(=O)NC3CCS(=O)(=O)C3)ccn2)c1. The predicted octanol–water partition coefficient (Wildman–Crippen LogP) is 1.12. The molecule has 27 heavy (non-hydrogen) atoms. The number of nitrogens with zero attached hydrogens (tertiary/aromatic N) is 2. The van der Waals surface area contributed by atoms with Gasteiger partial charge in [-0.05, 0) is 36.8 Å². The lowest BCUT2D eigenvalue weighted by Crippen LogP contribution is -2.35. The Morgan fingerprint density at radius 2 is 2.00 bits per heavy atom. The van der Waals surface area contributed by atoms with E-state index in [4.69, 9.17) is 5.26 Å². The minimum absolute atomic E-state index is 0.0315. The van der Waals surface area contributed by atoms with Crippen LogP contribution in [0.3, 0.4) is 0 Å². The van der Waals surface area contributed by atoms with Gasteiger partial charge in [0.15, 0.2) is 9.84 Å². The van der Waals surface area contributed by atoms with E-state index in [0.717, 1.165) is 0 Å².